The maximum atomic E-state index is 4.68. The number of nitrogens with zero attached hydrogens (tertiary/aromatic N) is 2. The SMILES string of the molecule is c1ccc2nc(N[C@H]3CC[C@@H]4CCC[C@@H]43)cnc2c1. The summed E-state index contributed by atoms with van der Waals surface area (Å²) in [6.45, 7) is 0. The molecule has 2 saturated carbocycles. The monoisotopic (exact) mass is 253 g/mol. The molecule has 3 nitrogen and oxygen atoms in total. The summed E-state index contributed by atoms with van der Waals surface area (Å²) in [5.41, 5.74) is 1.95. The number of anilines is 1. The van der Waals surface area contributed by atoms with Crippen molar-refractivity contribution in [1.29, 1.82) is 0 Å². The second kappa shape index (κ2) is 4.48. The highest BCUT2D eigenvalue weighted by Gasteiger charge is 2.39. The van der Waals surface area contributed by atoms with Crippen LogP contribution in [0.5, 0.6) is 0 Å². The Kier molecular flexibility index (Phi) is 2.64. The van der Waals surface area contributed by atoms with Crippen LogP contribution in [0.2, 0.25) is 0 Å². The smallest absolute Gasteiger partial charge is 0.145 e. The molecule has 2 aliphatic carbocycles. The van der Waals surface area contributed by atoms with Crippen molar-refractivity contribution in [2.45, 2.75) is 38.1 Å². The Morgan fingerprint density at radius 2 is 1.89 bits per heavy atom. The summed E-state index contributed by atoms with van der Waals surface area (Å²) in [4.78, 5) is 9.16. The molecule has 0 amide bonds. The lowest BCUT2D eigenvalue weighted by atomic mass is 9.98. The zero-order chi connectivity index (χ0) is 12.7. The number of hydrogen-bond donors (Lipinski definition) is 1. The van der Waals surface area contributed by atoms with Gasteiger partial charge in [-0.2, -0.15) is 0 Å². The van der Waals surface area contributed by atoms with Crippen LogP contribution in [0.4, 0.5) is 5.82 Å². The van der Waals surface area contributed by atoms with Gasteiger partial charge in [-0.1, -0.05) is 25.0 Å². The van der Waals surface area contributed by atoms with Crippen molar-refractivity contribution in [3.05, 3.63) is 30.5 Å². The van der Waals surface area contributed by atoms with Crippen LogP contribution in [0, 0.1) is 11.8 Å². The van der Waals surface area contributed by atoms with Crippen molar-refractivity contribution < 1.29 is 0 Å². The van der Waals surface area contributed by atoms with E-state index in [-0.39, 0.29) is 0 Å². The fourth-order valence-electron chi connectivity index (χ4n) is 3.96. The largest absolute Gasteiger partial charge is 0.366 e. The van der Waals surface area contributed by atoms with Gasteiger partial charge in [-0.25, -0.2) is 4.98 Å². The minimum absolute atomic E-state index is 0.614. The Balaban J connectivity index is 1.58. The van der Waals surface area contributed by atoms with E-state index in [0.29, 0.717) is 6.04 Å². The minimum Gasteiger partial charge on any atom is -0.366 e. The fourth-order valence-corrected chi connectivity index (χ4v) is 3.96. The van der Waals surface area contributed by atoms with Gasteiger partial charge in [0, 0.05) is 6.04 Å². The molecule has 1 aromatic carbocycles. The quantitative estimate of drug-likeness (QED) is 0.888. The predicted molar refractivity (Wildman–Crippen MR) is 77.0 cm³/mol. The molecule has 0 saturated heterocycles. The van der Waals surface area contributed by atoms with Crippen molar-refractivity contribution >= 4 is 16.9 Å². The maximum Gasteiger partial charge on any atom is 0.145 e. The summed E-state index contributed by atoms with van der Waals surface area (Å²) in [7, 11) is 0. The molecule has 2 aromatic rings. The van der Waals surface area contributed by atoms with Gasteiger partial charge in [0.25, 0.3) is 0 Å². The van der Waals surface area contributed by atoms with Gasteiger partial charge in [-0.15, -0.1) is 0 Å². The summed E-state index contributed by atoms with van der Waals surface area (Å²) in [5, 5.41) is 3.63. The first-order valence-electron chi connectivity index (χ1n) is 7.38. The predicted octanol–water partition coefficient (Wildman–Crippen LogP) is 3.62. The van der Waals surface area contributed by atoms with E-state index < -0.39 is 0 Å². The zero-order valence-electron chi connectivity index (χ0n) is 11.0. The normalized spacial score (nSPS) is 29.6. The summed E-state index contributed by atoms with van der Waals surface area (Å²) >= 11 is 0. The van der Waals surface area contributed by atoms with Crippen LogP contribution in [0.15, 0.2) is 30.5 Å². The van der Waals surface area contributed by atoms with Gasteiger partial charge in [0.05, 0.1) is 17.2 Å². The number of rotatable bonds is 2. The lowest BCUT2D eigenvalue weighted by Crippen LogP contribution is -2.25. The standard InChI is InChI=1S/C16H19N3/c1-2-7-15-14(6-1)17-10-16(19-15)18-13-9-8-11-4-3-5-12(11)13/h1-2,6-7,10-13H,3-5,8-9H2,(H,18,19)/t11-,12-,13-/m0/s1. The van der Waals surface area contributed by atoms with Gasteiger partial charge >= 0.3 is 0 Å². The van der Waals surface area contributed by atoms with Gasteiger partial charge in [-0.05, 0) is 43.2 Å². The van der Waals surface area contributed by atoms with Crippen LogP contribution in [-0.2, 0) is 0 Å². The third-order valence-electron chi connectivity index (χ3n) is 4.86. The Labute approximate surface area is 113 Å². The third-order valence-corrected chi connectivity index (χ3v) is 4.86. The first-order valence-corrected chi connectivity index (χ1v) is 7.38. The van der Waals surface area contributed by atoms with Gasteiger partial charge < -0.3 is 5.32 Å². The topological polar surface area (TPSA) is 37.8 Å². The summed E-state index contributed by atoms with van der Waals surface area (Å²) in [6, 6.07) is 8.67. The molecular weight excluding hydrogens is 234 g/mol. The lowest BCUT2D eigenvalue weighted by molar-refractivity contribution is 0.434. The summed E-state index contributed by atoms with van der Waals surface area (Å²) in [5.74, 6) is 2.77. The highest BCUT2D eigenvalue weighted by Crippen LogP contribution is 2.44. The molecule has 0 unspecified atom stereocenters. The van der Waals surface area contributed by atoms with E-state index in [9.17, 15) is 0 Å². The van der Waals surface area contributed by atoms with Crippen molar-refractivity contribution in [3.8, 4) is 0 Å². The zero-order valence-corrected chi connectivity index (χ0v) is 11.0. The molecule has 0 radical (unpaired) electrons. The van der Waals surface area contributed by atoms with E-state index in [2.05, 4.69) is 15.3 Å². The van der Waals surface area contributed by atoms with Crippen LogP contribution in [-0.4, -0.2) is 16.0 Å². The van der Waals surface area contributed by atoms with Crippen LogP contribution >= 0.6 is 0 Å². The Morgan fingerprint density at radius 1 is 1.00 bits per heavy atom. The van der Waals surface area contributed by atoms with E-state index in [4.69, 9.17) is 0 Å². The van der Waals surface area contributed by atoms with Crippen LogP contribution in [0.3, 0.4) is 0 Å². The second-order valence-electron chi connectivity index (χ2n) is 5.93. The number of aromatic nitrogens is 2. The Morgan fingerprint density at radius 3 is 2.84 bits per heavy atom. The fraction of sp³-hybridized carbons (Fsp3) is 0.500. The van der Waals surface area contributed by atoms with Crippen molar-refractivity contribution in [3.63, 3.8) is 0 Å². The second-order valence-corrected chi connectivity index (χ2v) is 5.93. The number of para-hydroxylation sites is 2. The minimum atomic E-state index is 0.614. The van der Waals surface area contributed by atoms with Gasteiger partial charge in [0.1, 0.15) is 5.82 Å². The Hall–Kier alpha value is -1.64. The van der Waals surface area contributed by atoms with E-state index in [0.717, 1.165) is 28.7 Å². The molecule has 2 fully saturated rings. The molecule has 3 atom stereocenters. The molecule has 0 spiro atoms. The van der Waals surface area contributed by atoms with Crippen molar-refractivity contribution in [2.24, 2.45) is 11.8 Å². The number of nitrogens with one attached hydrogen (secondary N) is 1. The van der Waals surface area contributed by atoms with Crippen LogP contribution < -0.4 is 5.32 Å². The first-order chi connectivity index (χ1) is 9.40. The van der Waals surface area contributed by atoms with Gasteiger partial charge in [0.15, 0.2) is 0 Å². The van der Waals surface area contributed by atoms with Crippen molar-refractivity contribution in [2.75, 3.05) is 5.32 Å². The highest BCUT2D eigenvalue weighted by atomic mass is 15.0. The van der Waals surface area contributed by atoms with Gasteiger partial charge in [0.2, 0.25) is 0 Å². The number of fused-ring (bicyclic) bond motifs is 2. The summed E-state index contributed by atoms with van der Waals surface area (Å²) in [6.07, 6.45) is 8.81. The Bertz CT molecular complexity index is 595. The molecule has 1 N–H and O–H groups in total. The van der Waals surface area contributed by atoms with E-state index in [1.807, 2.05) is 30.5 Å². The molecular formula is C16H19N3. The van der Waals surface area contributed by atoms with E-state index >= 15 is 0 Å². The molecule has 3 heteroatoms. The first kappa shape index (κ1) is 11.2. The molecule has 1 aromatic heterocycles. The molecule has 4 rings (SSSR count). The highest BCUT2D eigenvalue weighted by molar-refractivity contribution is 5.75. The molecule has 0 aliphatic heterocycles. The average Bonchev–Trinajstić information content (AvgIpc) is 3.04. The summed E-state index contributed by atoms with van der Waals surface area (Å²) < 4.78 is 0. The lowest BCUT2D eigenvalue weighted by Gasteiger charge is -2.20. The van der Waals surface area contributed by atoms with E-state index in [1.165, 1.54) is 32.1 Å². The average molecular weight is 253 g/mol. The van der Waals surface area contributed by atoms with Crippen LogP contribution in [0.25, 0.3) is 11.0 Å². The molecule has 0 bridgehead atoms. The maximum absolute atomic E-state index is 4.68. The number of hydrogen-bond acceptors (Lipinski definition) is 3. The van der Waals surface area contributed by atoms with Gasteiger partial charge in [-0.3, -0.25) is 4.98 Å². The third kappa shape index (κ3) is 1.97. The van der Waals surface area contributed by atoms with E-state index in [1.54, 1.807) is 0 Å². The molecule has 2 aliphatic rings. The molecule has 19 heavy (non-hydrogen) atoms. The van der Waals surface area contributed by atoms with Crippen molar-refractivity contribution in [1.82, 2.24) is 9.97 Å². The molecule has 1 heterocycles. The van der Waals surface area contributed by atoms with Crippen LogP contribution in [0.1, 0.15) is 32.1 Å². The number of benzene rings is 1. The molecule has 98 valence electrons.